The molecule has 4 N–H and O–H groups in total. The number of nitrogen functional groups attached to an aromatic ring is 1. The number of halogens is 2. The summed E-state index contributed by atoms with van der Waals surface area (Å²) >= 11 is 11.8. The van der Waals surface area contributed by atoms with E-state index in [-0.39, 0.29) is 27.7 Å². The largest absolute Gasteiger partial charge is 0.397 e. The van der Waals surface area contributed by atoms with Gasteiger partial charge in [-0.2, -0.15) is 0 Å². The van der Waals surface area contributed by atoms with Crippen molar-refractivity contribution >= 4 is 34.8 Å². The number of nitrogens with zero attached hydrogens (tertiary/aromatic N) is 1. The van der Waals surface area contributed by atoms with Crippen LogP contribution in [-0.4, -0.2) is 15.9 Å². The maximum absolute atomic E-state index is 12.2. The SMILES string of the molecule is CCC(NC(=O)c1cc(N)c(Cl)c(Cl)c1)c1ncc[nH]1. The van der Waals surface area contributed by atoms with E-state index in [4.69, 9.17) is 28.9 Å². The molecule has 0 aliphatic heterocycles. The molecule has 20 heavy (non-hydrogen) atoms. The number of hydrogen-bond acceptors (Lipinski definition) is 3. The summed E-state index contributed by atoms with van der Waals surface area (Å²) in [7, 11) is 0. The van der Waals surface area contributed by atoms with E-state index in [0.29, 0.717) is 17.8 Å². The first-order valence-corrected chi connectivity index (χ1v) is 6.83. The molecule has 7 heteroatoms. The third kappa shape index (κ3) is 3.05. The molecule has 2 aromatic rings. The number of anilines is 1. The average Bonchev–Trinajstić information content (AvgIpc) is 2.95. The summed E-state index contributed by atoms with van der Waals surface area (Å²) < 4.78 is 0. The van der Waals surface area contributed by atoms with Crippen molar-refractivity contribution in [3.63, 3.8) is 0 Å². The predicted octanol–water partition coefficient (Wildman–Crippen LogP) is 3.18. The van der Waals surface area contributed by atoms with Crippen molar-refractivity contribution in [2.45, 2.75) is 19.4 Å². The molecular formula is C13H14Cl2N4O. The normalized spacial score (nSPS) is 12.2. The number of nitrogens with one attached hydrogen (secondary N) is 2. The van der Waals surface area contributed by atoms with Crippen LogP contribution in [0, 0.1) is 0 Å². The van der Waals surface area contributed by atoms with Gasteiger partial charge in [-0.1, -0.05) is 30.1 Å². The molecule has 0 bridgehead atoms. The predicted molar refractivity (Wildman–Crippen MR) is 80.0 cm³/mol. The molecule has 1 amide bonds. The van der Waals surface area contributed by atoms with Gasteiger partial charge in [0, 0.05) is 18.0 Å². The highest BCUT2D eigenvalue weighted by molar-refractivity contribution is 6.43. The van der Waals surface area contributed by atoms with Crippen LogP contribution >= 0.6 is 23.2 Å². The fourth-order valence-corrected chi connectivity index (χ4v) is 2.15. The average molecular weight is 313 g/mol. The molecule has 0 aliphatic rings. The number of rotatable bonds is 4. The highest BCUT2D eigenvalue weighted by Crippen LogP contribution is 2.29. The second-order valence-electron chi connectivity index (χ2n) is 4.27. The van der Waals surface area contributed by atoms with Gasteiger partial charge in [0.15, 0.2) is 0 Å². The van der Waals surface area contributed by atoms with E-state index in [9.17, 15) is 4.79 Å². The molecule has 1 aromatic carbocycles. The quantitative estimate of drug-likeness (QED) is 0.758. The zero-order chi connectivity index (χ0) is 14.7. The maximum Gasteiger partial charge on any atom is 0.251 e. The summed E-state index contributed by atoms with van der Waals surface area (Å²) in [5.74, 6) is 0.424. The molecule has 1 aromatic heterocycles. The fraction of sp³-hybridized carbons (Fsp3) is 0.231. The zero-order valence-electron chi connectivity index (χ0n) is 10.8. The Balaban J connectivity index is 2.19. The van der Waals surface area contributed by atoms with E-state index < -0.39 is 0 Å². The van der Waals surface area contributed by atoms with Crippen LogP contribution in [0.5, 0.6) is 0 Å². The van der Waals surface area contributed by atoms with Gasteiger partial charge in [-0.05, 0) is 18.6 Å². The van der Waals surface area contributed by atoms with Crippen LogP contribution < -0.4 is 11.1 Å². The van der Waals surface area contributed by atoms with Gasteiger partial charge >= 0.3 is 0 Å². The Morgan fingerprint density at radius 3 is 2.80 bits per heavy atom. The lowest BCUT2D eigenvalue weighted by Crippen LogP contribution is -2.29. The summed E-state index contributed by atoms with van der Waals surface area (Å²) in [6.45, 7) is 1.96. The lowest BCUT2D eigenvalue weighted by atomic mass is 10.1. The number of imidazole rings is 1. The minimum absolute atomic E-state index is 0.201. The van der Waals surface area contributed by atoms with Crippen molar-refractivity contribution in [3.05, 3.63) is 46.0 Å². The molecule has 1 atom stereocenters. The lowest BCUT2D eigenvalue weighted by molar-refractivity contribution is 0.0934. The van der Waals surface area contributed by atoms with Crippen molar-refractivity contribution in [2.24, 2.45) is 0 Å². The van der Waals surface area contributed by atoms with Gasteiger partial charge in [0.25, 0.3) is 5.91 Å². The smallest absolute Gasteiger partial charge is 0.251 e. The Hall–Kier alpha value is -1.72. The lowest BCUT2D eigenvalue weighted by Gasteiger charge is -2.15. The van der Waals surface area contributed by atoms with Gasteiger partial charge in [0.2, 0.25) is 0 Å². The highest BCUT2D eigenvalue weighted by Gasteiger charge is 2.17. The summed E-state index contributed by atoms with van der Waals surface area (Å²) in [4.78, 5) is 19.3. The van der Waals surface area contributed by atoms with Gasteiger partial charge in [0.05, 0.1) is 21.8 Å². The minimum Gasteiger partial charge on any atom is -0.397 e. The standard InChI is InChI=1S/C13H14Cl2N4O/c1-2-10(12-17-3-4-18-12)19-13(20)7-5-8(14)11(15)9(16)6-7/h3-6,10H,2,16H2,1H3,(H,17,18)(H,19,20). The van der Waals surface area contributed by atoms with Crippen molar-refractivity contribution in [3.8, 4) is 0 Å². The molecule has 2 rings (SSSR count). The molecule has 5 nitrogen and oxygen atoms in total. The second kappa shape index (κ2) is 6.15. The van der Waals surface area contributed by atoms with Gasteiger partial charge in [-0.3, -0.25) is 4.79 Å². The number of H-pyrrole nitrogens is 1. The van der Waals surface area contributed by atoms with Crippen molar-refractivity contribution in [1.82, 2.24) is 15.3 Å². The Morgan fingerprint density at radius 1 is 1.50 bits per heavy atom. The minimum atomic E-state index is -0.279. The Kier molecular flexibility index (Phi) is 4.52. The number of carbonyl (C=O) groups is 1. The van der Waals surface area contributed by atoms with Crippen molar-refractivity contribution in [1.29, 1.82) is 0 Å². The third-order valence-electron chi connectivity index (χ3n) is 2.88. The zero-order valence-corrected chi connectivity index (χ0v) is 12.3. The van der Waals surface area contributed by atoms with Crippen LogP contribution in [0.3, 0.4) is 0 Å². The van der Waals surface area contributed by atoms with Gasteiger partial charge in [-0.15, -0.1) is 0 Å². The number of nitrogens with two attached hydrogens (primary N) is 1. The Morgan fingerprint density at radius 2 is 2.25 bits per heavy atom. The van der Waals surface area contributed by atoms with Crippen LogP contribution in [0.25, 0.3) is 0 Å². The monoisotopic (exact) mass is 312 g/mol. The van der Waals surface area contributed by atoms with Gasteiger partial charge in [-0.25, -0.2) is 4.98 Å². The summed E-state index contributed by atoms with van der Waals surface area (Å²) in [6.07, 6.45) is 4.05. The van der Waals surface area contributed by atoms with E-state index in [2.05, 4.69) is 15.3 Å². The first-order valence-electron chi connectivity index (χ1n) is 6.07. The molecule has 0 aliphatic carbocycles. The van der Waals surface area contributed by atoms with E-state index >= 15 is 0 Å². The molecule has 0 radical (unpaired) electrons. The van der Waals surface area contributed by atoms with E-state index in [0.717, 1.165) is 0 Å². The maximum atomic E-state index is 12.2. The molecule has 0 saturated carbocycles. The fourth-order valence-electron chi connectivity index (χ4n) is 1.81. The molecule has 1 unspecified atom stereocenters. The molecular weight excluding hydrogens is 299 g/mol. The molecule has 106 valence electrons. The number of benzene rings is 1. The van der Waals surface area contributed by atoms with Crippen molar-refractivity contribution < 1.29 is 4.79 Å². The van der Waals surface area contributed by atoms with Crippen LogP contribution in [0.2, 0.25) is 10.0 Å². The van der Waals surface area contributed by atoms with E-state index in [1.54, 1.807) is 12.4 Å². The highest BCUT2D eigenvalue weighted by atomic mass is 35.5. The number of aromatic nitrogens is 2. The van der Waals surface area contributed by atoms with E-state index in [1.807, 2.05) is 6.92 Å². The molecule has 0 fully saturated rings. The summed E-state index contributed by atoms with van der Waals surface area (Å²) in [5, 5.41) is 3.37. The number of carbonyl (C=O) groups excluding carboxylic acids is 1. The number of amides is 1. The molecule has 1 heterocycles. The molecule has 0 saturated heterocycles. The number of hydrogen-bond donors (Lipinski definition) is 3. The van der Waals surface area contributed by atoms with Gasteiger partial charge < -0.3 is 16.0 Å². The van der Waals surface area contributed by atoms with Crippen LogP contribution in [0.15, 0.2) is 24.5 Å². The van der Waals surface area contributed by atoms with Crippen molar-refractivity contribution in [2.75, 3.05) is 5.73 Å². The van der Waals surface area contributed by atoms with Crippen LogP contribution in [-0.2, 0) is 0 Å². The summed E-state index contributed by atoms with van der Waals surface area (Å²) in [5.41, 5.74) is 6.34. The topological polar surface area (TPSA) is 83.8 Å². The van der Waals surface area contributed by atoms with E-state index in [1.165, 1.54) is 12.1 Å². The van der Waals surface area contributed by atoms with Crippen LogP contribution in [0.4, 0.5) is 5.69 Å². The second-order valence-corrected chi connectivity index (χ2v) is 5.06. The van der Waals surface area contributed by atoms with Gasteiger partial charge in [0.1, 0.15) is 5.82 Å². The van der Waals surface area contributed by atoms with Crippen LogP contribution in [0.1, 0.15) is 35.6 Å². The Labute approximate surface area is 126 Å². The molecule has 0 spiro atoms. The first kappa shape index (κ1) is 14.7. The number of aromatic amines is 1. The Bertz CT molecular complexity index is 590. The third-order valence-corrected chi connectivity index (χ3v) is 3.70. The summed E-state index contributed by atoms with van der Waals surface area (Å²) in [6, 6.07) is 2.79. The first-order chi connectivity index (χ1) is 9.52.